The molecular formula is C24H31Cl2N3O5S. The molecule has 2 rings (SSSR count). The third-order valence-corrected chi connectivity index (χ3v) is 7.12. The van der Waals surface area contributed by atoms with Crippen molar-refractivity contribution in [3.05, 3.63) is 58.1 Å². The highest BCUT2D eigenvalue weighted by atomic mass is 35.5. The predicted octanol–water partition coefficient (Wildman–Crippen LogP) is 4.10. The van der Waals surface area contributed by atoms with E-state index in [2.05, 4.69) is 5.32 Å². The minimum Gasteiger partial charge on any atom is -0.492 e. The van der Waals surface area contributed by atoms with E-state index in [0.717, 1.165) is 6.26 Å². The van der Waals surface area contributed by atoms with Crippen LogP contribution in [0.15, 0.2) is 42.5 Å². The zero-order valence-corrected chi connectivity index (χ0v) is 22.6. The van der Waals surface area contributed by atoms with Gasteiger partial charge >= 0.3 is 0 Å². The minimum atomic E-state index is -3.63. The van der Waals surface area contributed by atoms with E-state index in [0.29, 0.717) is 33.7 Å². The fourth-order valence-electron chi connectivity index (χ4n) is 3.55. The van der Waals surface area contributed by atoms with Crippen molar-refractivity contribution in [2.24, 2.45) is 0 Å². The molecule has 0 radical (unpaired) electrons. The molecule has 11 heteroatoms. The maximum atomic E-state index is 13.2. The second-order valence-corrected chi connectivity index (χ2v) is 10.6. The van der Waals surface area contributed by atoms with Crippen LogP contribution in [0.1, 0.15) is 32.3 Å². The molecule has 0 unspecified atom stereocenters. The summed E-state index contributed by atoms with van der Waals surface area (Å²) in [7, 11) is -2.14. The first kappa shape index (κ1) is 28.7. The number of nitrogens with zero attached hydrogens (tertiary/aromatic N) is 2. The summed E-state index contributed by atoms with van der Waals surface area (Å²) in [5.41, 5.74) is 1.05. The number of anilines is 1. The van der Waals surface area contributed by atoms with Crippen LogP contribution < -0.4 is 14.4 Å². The first-order valence-corrected chi connectivity index (χ1v) is 13.7. The van der Waals surface area contributed by atoms with Gasteiger partial charge in [-0.25, -0.2) is 8.42 Å². The van der Waals surface area contributed by atoms with Crippen molar-refractivity contribution >= 4 is 50.7 Å². The van der Waals surface area contributed by atoms with E-state index in [1.807, 2.05) is 6.92 Å². The molecular weight excluding hydrogens is 513 g/mol. The summed E-state index contributed by atoms with van der Waals surface area (Å²) < 4.78 is 31.9. The molecule has 0 aliphatic rings. The van der Waals surface area contributed by atoms with Gasteiger partial charge in [0.2, 0.25) is 21.8 Å². The first-order chi connectivity index (χ1) is 16.5. The van der Waals surface area contributed by atoms with E-state index in [1.54, 1.807) is 49.4 Å². The second-order valence-electron chi connectivity index (χ2n) is 7.89. The summed E-state index contributed by atoms with van der Waals surface area (Å²) in [4.78, 5) is 27.0. The minimum absolute atomic E-state index is 0.0232. The fourth-order valence-corrected chi connectivity index (χ4v) is 4.99. The molecule has 0 heterocycles. The topological polar surface area (TPSA) is 96.0 Å². The number of carbonyl (C=O) groups is 2. The van der Waals surface area contributed by atoms with Crippen LogP contribution in [0.5, 0.6) is 5.75 Å². The standard InChI is InChI=1S/C24H31Cl2N3O5S/c1-5-34-22-10-7-6-9-21(22)29(35(4,32)33)14-8-11-23(30)28(17(2)24(31)27-3)16-18-12-13-19(25)15-20(18)26/h6-7,9-10,12-13,15,17H,5,8,11,14,16H2,1-4H3,(H,27,31)/t17-/m0/s1. The van der Waals surface area contributed by atoms with Crippen molar-refractivity contribution in [3.63, 3.8) is 0 Å². The molecule has 2 amide bonds. The van der Waals surface area contributed by atoms with E-state index in [1.165, 1.54) is 16.3 Å². The molecule has 2 aromatic carbocycles. The molecule has 0 aliphatic heterocycles. The lowest BCUT2D eigenvalue weighted by atomic mass is 10.1. The monoisotopic (exact) mass is 543 g/mol. The van der Waals surface area contributed by atoms with Crippen molar-refractivity contribution in [3.8, 4) is 5.75 Å². The molecule has 0 spiro atoms. The molecule has 1 atom stereocenters. The van der Waals surface area contributed by atoms with Gasteiger partial charge in [0.15, 0.2) is 0 Å². The number of ether oxygens (including phenoxy) is 1. The number of benzene rings is 2. The number of halogens is 2. The molecule has 0 aromatic heterocycles. The molecule has 35 heavy (non-hydrogen) atoms. The van der Waals surface area contributed by atoms with Gasteiger partial charge in [0.1, 0.15) is 11.8 Å². The molecule has 0 fully saturated rings. The van der Waals surface area contributed by atoms with Crippen LogP contribution in [0.25, 0.3) is 0 Å². The fraction of sp³-hybridized carbons (Fsp3) is 0.417. The first-order valence-electron chi connectivity index (χ1n) is 11.1. The van der Waals surface area contributed by atoms with Crippen LogP contribution in [0, 0.1) is 0 Å². The van der Waals surface area contributed by atoms with Gasteiger partial charge in [-0.3, -0.25) is 13.9 Å². The molecule has 192 valence electrons. The lowest BCUT2D eigenvalue weighted by molar-refractivity contribution is -0.140. The maximum Gasteiger partial charge on any atom is 0.242 e. The van der Waals surface area contributed by atoms with Gasteiger partial charge in [-0.15, -0.1) is 0 Å². The molecule has 1 N–H and O–H groups in total. The smallest absolute Gasteiger partial charge is 0.242 e. The number of hydrogen-bond donors (Lipinski definition) is 1. The molecule has 2 aromatic rings. The second kappa shape index (κ2) is 13.0. The third kappa shape index (κ3) is 8.02. The van der Waals surface area contributed by atoms with Crippen molar-refractivity contribution in [1.29, 1.82) is 0 Å². The van der Waals surface area contributed by atoms with Gasteiger partial charge < -0.3 is 15.0 Å². The van der Waals surface area contributed by atoms with Gasteiger partial charge in [-0.1, -0.05) is 41.4 Å². The maximum absolute atomic E-state index is 13.2. The number of para-hydroxylation sites is 2. The number of rotatable bonds is 12. The molecule has 0 saturated carbocycles. The van der Waals surface area contributed by atoms with E-state index in [9.17, 15) is 18.0 Å². The predicted molar refractivity (Wildman–Crippen MR) is 140 cm³/mol. The van der Waals surface area contributed by atoms with Crippen LogP contribution in [0.2, 0.25) is 10.0 Å². The summed E-state index contributed by atoms with van der Waals surface area (Å²) >= 11 is 12.3. The quantitative estimate of drug-likeness (QED) is 0.434. The van der Waals surface area contributed by atoms with Gasteiger partial charge in [-0.2, -0.15) is 0 Å². The van der Waals surface area contributed by atoms with Crippen molar-refractivity contribution in [2.75, 3.05) is 30.8 Å². The van der Waals surface area contributed by atoms with Crippen LogP contribution in [0.3, 0.4) is 0 Å². The highest BCUT2D eigenvalue weighted by Crippen LogP contribution is 2.30. The Balaban J connectivity index is 2.21. The average molecular weight is 545 g/mol. The van der Waals surface area contributed by atoms with Gasteiger partial charge in [0.25, 0.3) is 0 Å². The Kier molecular flexibility index (Phi) is 10.7. The van der Waals surface area contributed by atoms with E-state index in [4.69, 9.17) is 27.9 Å². The van der Waals surface area contributed by atoms with Gasteiger partial charge in [-0.05, 0) is 50.1 Å². The van der Waals surface area contributed by atoms with Crippen molar-refractivity contribution in [2.45, 2.75) is 39.3 Å². The van der Waals surface area contributed by atoms with Gasteiger partial charge in [0, 0.05) is 36.6 Å². The third-order valence-electron chi connectivity index (χ3n) is 5.36. The summed E-state index contributed by atoms with van der Waals surface area (Å²) in [5.74, 6) is -0.190. The number of sulfonamides is 1. The Morgan fingerprint density at radius 3 is 2.43 bits per heavy atom. The largest absolute Gasteiger partial charge is 0.492 e. The van der Waals surface area contributed by atoms with E-state index in [-0.39, 0.29) is 37.7 Å². The van der Waals surface area contributed by atoms with E-state index >= 15 is 0 Å². The highest BCUT2D eigenvalue weighted by molar-refractivity contribution is 7.92. The summed E-state index contributed by atoms with van der Waals surface area (Å²) in [5, 5.41) is 3.40. The normalized spacial score (nSPS) is 12.1. The van der Waals surface area contributed by atoms with Crippen LogP contribution in [-0.4, -0.2) is 57.6 Å². The number of hydrogen-bond acceptors (Lipinski definition) is 5. The Bertz CT molecular complexity index is 1140. The molecule has 0 bridgehead atoms. The Morgan fingerprint density at radius 2 is 1.83 bits per heavy atom. The average Bonchev–Trinajstić information content (AvgIpc) is 2.80. The lowest BCUT2D eigenvalue weighted by Gasteiger charge is -2.29. The van der Waals surface area contributed by atoms with Crippen LogP contribution in [-0.2, 0) is 26.2 Å². The summed E-state index contributed by atoms with van der Waals surface area (Å²) in [6.45, 7) is 3.99. The van der Waals surface area contributed by atoms with Gasteiger partial charge in [0.05, 0.1) is 18.6 Å². The SMILES string of the molecule is CCOc1ccccc1N(CCCC(=O)N(Cc1ccc(Cl)cc1Cl)[C@@H](C)C(=O)NC)S(C)(=O)=O. The van der Waals surface area contributed by atoms with Crippen LogP contribution in [0.4, 0.5) is 5.69 Å². The van der Waals surface area contributed by atoms with Crippen molar-refractivity contribution in [1.82, 2.24) is 10.2 Å². The highest BCUT2D eigenvalue weighted by Gasteiger charge is 2.27. The number of amides is 2. The van der Waals surface area contributed by atoms with Crippen molar-refractivity contribution < 1.29 is 22.7 Å². The lowest BCUT2D eigenvalue weighted by Crippen LogP contribution is -2.46. The zero-order valence-electron chi connectivity index (χ0n) is 20.3. The van der Waals surface area contributed by atoms with Crippen LogP contribution >= 0.6 is 23.2 Å². The molecule has 0 saturated heterocycles. The Morgan fingerprint density at radius 1 is 1.14 bits per heavy atom. The molecule has 8 nitrogen and oxygen atoms in total. The Hall–Kier alpha value is -2.49. The number of carbonyl (C=O) groups excluding carboxylic acids is 2. The molecule has 0 aliphatic carbocycles. The summed E-state index contributed by atoms with van der Waals surface area (Å²) in [6, 6.07) is 11.0. The summed E-state index contributed by atoms with van der Waals surface area (Å²) in [6.07, 6.45) is 1.37. The number of likely N-dealkylation sites (N-methyl/N-ethyl adjacent to an activating group) is 1. The number of nitrogens with one attached hydrogen (secondary N) is 1. The van der Waals surface area contributed by atoms with E-state index < -0.39 is 16.1 Å². The zero-order chi connectivity index (χ0) is 26.2. The Labute approximate surface area is 217 Å².